The summed E-state index contributed by atoms with van der Waals surface area (Å²) in [5.41, 5.74) is 0. The molecule has 1 N–H and O–H groups in total. The zero-order valence-corrected chi connectivity index (χ0v) is 10.7. The van der Waals surface area contributed by atoms with Crippen molar-refractivity contribution in [3.63, 3.8) is 0 Å². The Labute approximate surface area is 98.3 Å². The second kappa shape index (κ2) is 6.86. The van der Waals surface area contributed by atoms with Gasteiger partial charge in [-0.1, -0.05) is 6.92 Å². The first-order chi connectivity index (χ1) is 7.65. The van der Waals surface area contributed by atoms with Crippen LogP contribution in [0.15, 0.2) is 0 Å². The Balaban J connectivity index is 2.28. The highest BCUT2D eigenvalue weighted by Crippen LogP contribution is 2.08. The number of ether oxygens (including phenoxy) is 1. The Kier molecular flexibility index (Phi) is 5.77. The summed E-state index contributed by atoms with van der Waals surface area (Å²) in [5.74, 6) is 0.219. The van der Waals surface area contributed by atoms with Crippen LogP contribution in [0.25, 0.3) is 0 Å². The first-order valence-electron chi connectivity index (χ1n) is 6.25. The van der Waals surface area contributed by atoms with Crippen molar-refractivity contribution in [2.75, 3.05) is 26.3 Å². The SMILES string of the molecule is CCCOCCC(=O)N1CC(C)NCC1C. The minimum Gasteiger partial charge on any atom is -0.381 e. The number of piperazine rings is 1. The van der Waals surface area contributed by atoms with Gasteiger partial charge in [0.15, 0.2) is 0 Å². The van der Waals surface area contributed by atoms with E-state index in [1.54, 1.807) is 0 Å². The molecule has 0 spiro atoms. The predicted octanol–water partition coefficient (Wildman–Crippen LogP) is 1.01. The summed E-state index contributed by atoms with van der Waals surface area (Å²) in [4.78, 5) is 13.9. The number of hydrogen-bond donors (Lipinski definition) is 1. The Morgan fingerprint density at radius 3 is 2.88 bits per heavy atom. The lowest BCUT2D eigenvalue weighted by atomic mass is 10.1. The average Bonchev–Trinajstić information content (AvgIpc) is 2.27. The summed E-state index contributed by atoms with van der Waals surface area (Å²) >= 11 is 0. The van der Waals surface area contributed by atoms with Crippen molar-refractivity contribution in [2.45, 2.75) is 45.7 Å². The van der Waals surface area contributed by atoms with Gasteiger partial charge in [0.05, 0.1) is 13.0 Å². The monoisotopic (exact) mass is 228 g/mol. The van der Waals surface area contributed by atoms with Crippen LogP contribution in [0.4, 0.5) is 0 Å². The number of rotatable bonds is 5. The highest BCUT2D eigenvalue weighted by molar-refractivity contribution is 5.76. The summed E-state index contributed by atoms with van der Waals surface area (Å²) < 4.78 is 5.34. The van der Waals surface area contributed by atoms with Crippen molar-refractivity contribution in [2.24, 2.45) is 0 Å². The van der Waals surface area contributed by atoms with Crippen molar-refractivity contribution in [3.05, 3.63) is 0 Å². The van der Waals surface area contributed by atoms with Crippen molar-refractivity contribution >= 4 is 5.91 Å². The van der Waals surface area contributed by atoms with Gasteiger partial charge in [-0.2, -0.15) is 0 Å². The van der Waals surface area contributed by atoms with E-state index in [-0.39, 0.29) is 5.91 Å². The van der Waals surface area contributed by atoms with E-state index in [4.69, 9.17) is 4.74 Å². The van der Waals surface area contributed by atoms with Gasteiger partial charge in [-0.15, -0.1) is 0 Å². The van der Waals surface area contributed by atoms with Crippen molar-refractivity contribution in [3.8, 4) is 0 Å². The third-order valence-electron chi connectivity index (χ3n) is 2.89. The summed E-state index contributed by atoms with van der Waals surface area (Å²) in [6, 6.07) is 0.701. The van der Waals surface area contributed by atoms with E-state index in [2.05, 4.69) is 26.1 Å². The number of carbonyl (C=O) groups excluding carboxylic acids is 1. The molecule has 0 bridgehead atoms. The molecule has 0 aromatic heterocycles. The molecule has 0 aliphatic carbocycles. The molecule has 1 amide bonds. The number of nitrogens with one attached hydrogen (secondary N) is 1. The van der Waals surface area contributed by atoms with E-state index < -0.39 is 0 Å². The van der Waals surface area contributed by atoms with Crippen LogP contribution in [0.3, 0.4) is 0 Å². The molecule has 0 saturated carbocycles. The Morgan fingerprint density at radius 2 is 2.19 bits per heavy atom. The highest BCUT2D eigenvalue weighted by Gasteiger charge is 2.25. The fraction of sp³-hybridized carbons (Fsp3) is 0.917. The van der Waals surface area contributed by atoms with Crippen LogP contribution in [-0.4, -0.2) is 49.2 Å². The second-order valence-electron chi connectivity index (χ2n) is 4.57. The van der Waals surface area contributed by atoms with Crippen LogP contribution < -0.4 is 5.32 Å². The molecule has 1 aliphatic rings. The van der Waals surface area contributed by atoms with E-state index in [0.29, 0.717) is 25.1 Å². The molecule has 94 valence electrons. The maximum atomic E-state index is 11.9. The van der Waals surface area contributed by atoms with Crippen LogP contribution in [0.2, 0.25) is 0 Å². The standard InChI is InChI=1S/C12H24N2O2/c1-4-6-16-7-5-12(15)14-9-10(2)13-8-11(14)3/h10-11,13H,4-9H2,1-3H3. The average molecular weight is 228 g/mol. The molecule has 0 radical (unpaired) electrons. The maximum Gasteiger partial charge on any atom is 0.225 e. The van der Waals surface area contributed by atoms with Gasteiger partial charge in [-0.05, 0) is 20.3 Å². The molecular weight excluding hydrogens is 204 g/mol. The molecular formula is C12H24N2O2. The van der Waals surface area contributed by atoms with Crippen molar-refractivity contribution in [1.29, 1.82) is 0 Å². The van der Waals surface area contributed by atoms with Gasteiger partial charge in [0.25, 0.3) is 0 Å². The lowest BCUT2D eigenvalue weighted by molar-refractivity contribution is -0.135. The van der Waals surface area contributed by atoms with E-state index in [1.165, 1.54) is 0 Å². The van der Waals surface area contributed by atoms with E-state index in [0.717, 1.165) is 26.1 Å². The minimum absolute atomic E-state index is 0.219. The third-order valence-corrected chi connectivity index (χ3v) is 2.89. The van der Waals surface area contributed by atoms with E-state index in [9.17, 15) is 4.79 Å². The zero-order valence-electron chi connectivity index (χ0n) is 10.7. The number of carbonyl (C=O) groups is 1. The summed E-state index contributed by atoms with van der Waals surface area (Å²) in [6.45, 7) is 9.28. The lowest BCUT2D eigenvalue weighted by Gasteiger charge is -2.37. The molecule has 2 unspecified atom stereocenters. The molecule has 0 aromatic carbocycles. The molecule has 1 rings (SSSR count). The highest BCUT2D eigenvalue weighted by atomic mass is 16.5. The number of nitrogens with zero attached hydrogens (tertiary/aromatic N) is 1. The zero-order chi connectivity index (χ0) is 12.0. The maximum absolute atomic E-state index is 11.9. The van der Waals surface area contributed by atoms with Crippen LogP contribution in [0, 0.1) is 0 Å². The molecule has 1 saturated heterocycles. The lowest BCUT2D eigenvalue weighted by Crippen LogP contribution is -2.56. The quantitative estimate of drug-likeness (QED) is 0.714. The molecule has 1 heterocycles. The molecule has 2 atom stereocenters. The largest absolute Gasteiger partial charge is 0.381 e. The summed E-state index contributed by atoms with van der Waals surface area (Å²) in [5, 5.41) is 3.37. The molecule has 4 heteroatoms. The minimum atomic E-state index is 0.219. The Morgan fingerprint density at radius 1 is 1.44 bits per heavy atom. The van der Waals surface area contributed by atoms with Crippen LogP contribution in [0.1, 0.15) is 33.6 Å². The second-order valence-corrected chi connectivity index (χ2v) is 4.57. The predicted molar refractivity (Wildman–Crippen MR) is 64.4 cm³/mol. The molecule has 4 nitrogen and oxygen atoms in total. The van der Waals surface area contributed by atoms with Gasteiger partial charge in [-0.3, -0.25) is 4.79 Å². The molecule has 1 fully saturated rings. The topological polar surface area (TPSA) is 41.6 Å². The van der Waals surface area contributed by atoms with Crippen molar-refractivity contribution in [1.82, 2.24) is 10.2 Å². The fourth-order valence-corrected chi connectivity index (χ4v) is 1.92. The first-order valence-corrected chi connectivity index (χ1v) is 6.25. The fourth-order valence-electron chi connectivity index (χ4n) is 1.92. The number of hydrogen-bond acceptors (Lipinski definition) is 3. The van der Waals surface area contributed by atoms with E-state index >= 15 is 0 Å². The normalized spacial score (nSPS) is 25.8. The van der Waals surface area contributed by atoms with Gasteiger partial charge in [0.2, 0.25) is 5.91 Å². The van der Waals surface area contributed by atoms with E-state index in [1.807, 2.05) is 4.90 Å². The molecule has 1 aliphatic heterocycles. The van der Waals surface area contributed by atoms with Crippen molar-refractivity contribution < 1.29 is 9.53 Å². The van der Waals surface area contributed by atoms with Gasteiger partial charge < -0.3 is 15.0 Å². The molecule has 0 aromatic rings. The summed E-state index contributed by atoms with van der Waals surface area (Å²) in [6.07, 6.45) is 1.52. The number of amides is 1. The van der Waals surface area contributed by atoms with Gasteiger partial charge in [-0.25, -0.2) is 0 Å². The summed E-state index contributed by atoms with van der Waals surface area (Å²) in [7, 11) is 0. The Hall–Kier alpha value is -0.610. The van der Waals surface area contributed by atoms with Gasteiger partial charge in [0, 0.05) is 31.8 Å². The smallest absolute Gasteiger partial charge is 0.225 e. The first kappa shape index (κ1) is 13.5. The Bertz CT molecular complexity index is 221. The van der Waals surface area contributed by atoms with Gasteiger partial charge in [0.1, 0.15) is 0 Å². The third kappa shape index (κ3) is 4.10. The van der Waals surface area contributed by atoms with Gasteiger partial charge >= 0.3 is 0 Å². The van der Waals surface area contributed by atoms with Crippen LogP contribution in [0.5, 0.6) is 0 Å². The molecule has 16 heavy (non-hydrogen) atoms. The van der Waals surface area contributed by atoms with Crippen LogP contribution in [-0.2, 0) is 9.53 Å². The van der Waals surface area contributed by atoms with Crippen LogP contribution >= 0.6 is 0 Å².